The van der Waals surface area contributed by atoms with Crippen molar-refractivity contribution in [2.45, 2.75) is 31.7 Å². The lowest BCUT2D eigenvalue weighted by Crippen LogP contribution is -2.41. The number of benzene rings is 1. The number of methoxy groups -OCH3 is 1. The Morgan fingerprint density at radius 1 is 1.39 bits per heavy atom. The van der Waals surface area contributed by atoms with Crippen LogP contribution in [0.5, 0.6) is 5.75 Å². The van der Waals surface area contributed by atoms with Crippen molar-refractivity contribution in [3.63, 3.8) is 0 Å². The molecule has 5 heteroatoms. The molecule has 0 saturated carbocycles. The average molecular weight is 318 g/mol. The molecular weight excluding hydrogens is 292 g/mol. The topological polar surface area (TPSA) is 61.8 Å². The predicted octanol–water partition coefficient (Wildman–Crippen LogP) is 2.87. The molecule has 0 fully saturated rings. The Morgan fingerprint density at radius 2 is 2.13 bits per heavy atom. The molecule has 1 aliphatic carbocycles. The number of likely N-dealkylation sites (N-methyl/N-ethyl adjacent to an activating group) is 1. The van der Waals surface area contributed by atoms with E-state index in [1.807, 2.05) is 24.3 Å². The SMILES string of the molecule is COc1ccc(C(CO)N(C)C(=O)NCCC2=CCCC2)cc1. The molecule has 2 rings (SSSR count). The van der Waals surface area contributed by atoms with Gasteiger partial charge in [-0.3, -0.25) is 0 Å². The van der Waals surface area contributed by atoms with Gasteiger partial charge in [-0.25, -0.2) is 4.79 Å². The molecule has 2 N–H and O–H groups in total. The lowest BCUT2D eigenvalue weighted by atomic mass is 10.1. The van der Waals surface area contributed by atoms with Gasteiger partial charge in [0, 0.05) is 13.6 Å². The quantitative estimate of drug-likeness (QED) is 0.760. The van der Waals surface area contributed by atoms with Gasteiger partial charge < -0.3 is 20.1 Å². The van der Waals surface area contributed by atoms with Gasteiger partial charge in [0.2, 0.25) is 0 Å². The minimum Gasteiger partial charge on any atom is -0.497 e. The maximum atomic E-state index is 12.3. The molecule has 0 heterocycles. The Labute approximate surface area is 137 Å². The molecule has 0 spiro atoms. The van der Waals surface area contributed by atoms with E-state index in [0.717, 1.165) is 30.6 Å². The van der Waals surface area contributed by atoms with Gasteiger partial charge in [-0.15, -0.1) is 0 Å². The van der Waals surface area contributed by atoms with E-state index in [1.165, 1.54) is 12.0 Å². The van der Waals surface area contributed by atoms with Crippen LogP contribution in [0.3, 0.4) is 0 Å². The van der Waals surface area contributed by atoms with E-state index < -0.39 is 0 Å². The summed E-state index contributed by atoms with van der Waals surface area (Å²) in [6.45, 7) is 0.511. The van der Waals surface area contributed by atoms with Crippen LogP contribution in [0.1, 0.15) is 37.3 Å². The smallest absolute Gasteiger partial charge is 0.317 e. The number of nitrogens with one attached hydrogen (secondary N) is 1. The minimum absolute atomic E-state index is 0.124. The summed E-state index contributed by atoms with van der Waals surface area (Å²) >= 11 is 0. The van der Waals surface area contributed by atoms with Crippen molar-refractivity contribution in [1.82, 2.24) is 10.2 Å². The first-order valence-electron chi connectivity index (χ1n) is 8.09. The summed E-state index contributed by atoms with van der Waals surface area (Å²) in [6, 6.07) is 6.86. The number of allylic oxidation sites excluding steroid dienone is 1. The van der Waals surface area contributed by atoms with Crippen LogP contribution >= 0.6 is 0 Å². The van der Waals surface area contributed by atoms with Crippen molar-refractivity contribution in [1.29, 1.82) is 0 Å². The molecule has 0 saturated heterocycles. The van der Waals surface area contributed by atoms with Crippen molar-refractivity contribution >= 4 is 6.03 Å². The number of urea groups is 1. The maximum absolute atomic E-state index is 12.3. The lowest BCUT2D eigenvalue weighted by Gasteiger charge is -2.27. The summed E-state index contributed by atoms with van der Waals surface area (Å²) in [5, 5.41) is 12.6. The fourth-order valence-corrected chi connectivity index (χ4v) is 2.84. The molecule has 1 unspecified atom stereocenters. The first-order chi connectivity index (χ1) is 11.2. The highest BCUT2D eigenvalue weighted by molar-refractivity contribution is 5.74. The molecule has 1 aromatic carbocycles. The Hall–Kier alpha value is -2.01. The zero-order chi connectivity index (χ0) is 16.7. The summed E-state index contributed by atoms with van der Waals surface area (Å²) in [4.78, 5) is 13.8. The zero-order valence-electron chi connectivity index (χ0n) is 13.9. The van der Waals surface area contributed by atoms with Crippen LogP contribution in [0.25, 0.3) is 0 Å². The van der Waals surface area contributed by atoms with Crippen LogP contribution in [-0.4, -0.2) is 43.3 Å². The number of rotatable bonds is 7. The number of hydrogen-bond acceptors (Lipinski definition) is 3. The molecule has 0 aliphatic heterocycles. The van der Waals surface area contributed by atoms with Gasteiger partial charge in [-0.2, -0.15) is 0 Å². The normalized spacial score (nSPS) is 15.0. The van der Waals surface area contributed by atoms with Gasteiger partial charge >= 0.3 is 6.03 Å². The van der Waals surface area contributed by atoms with Crippen molar-refractivity contribution in [2.24, 2.45) is 0 Å². The van der Waals surface area contributed by atoms with Crippen LogP contribution in [0.2, 0.25) is 0 Å². The van der Waals surface area contributed by atoms with E-state index >= 15 is 0 Å². The second-order valence-corrected chi connectivity index (χ2v) is 5.82. The number of aliphatic hydroxyl groups excluding tert-OH is 1. The number of hydrogen-bond donors (Lipinski definition) is 2. The largest absolute Gasteiger partial charge is 0.497 e. The first kappa shape index (κ1) is 17.3. The molecule has 0 radical (unpaired) electrons. The summed E-state index contributed by atoms with van der Waals surface area (Å²) in [5.41, 5.74) is 2.31. The van der Waals surface area contributed by atoms with Crippen molar-refractivity contribution in [3.05, 3.63) is 41.5 Å². The van der Waals surface area contributed by atoms with E-state index in [1.54, 1.807) is 19.1 Å². The molecular formula is C18H26N2O3. The second-order valence-electron chi connectivity index (χ2n) is 5.82. The molecule has 126 valence electrons. The highest BCUT2D eigenvalue weighted by Crippen LogP contribution is 2.22. The first-order valence-corrected chi connectivity index (χ1v) is 8.09. The highest BCUT2D eigenvalue weighted by Gasteiger charge is 2.21. The van der Waals surface area contributed by atoms with E-state index in [0.29, 0.717) is 6.54 Å². The fourth-order valence-electron chi connectivity index (χ4n) is 2.84. The van der Waals surface area contributed by atoms with Gasteiger partial charge in [0.15, 0.2) is 0 Å². The van der Waals surface area contributed by atoms with E-state index in [4.69, 9.17) is 4.74 Å². The van der Waals surface area contributed by atoms with Crippen LogP contribution in [-0.2, 0) is 0 Å². The summed E-state index contributed by atoms with van der Waals surface area (Å²) in [7, 11) is 3.31. The standard InChI is InChI=1S/C18H26N2O3/c1-20(18(22)19-12-11-14-5-3-4-6-14)17(13-21)15-7-9-16(23-2)10-8-15/h5,7-10,17,21H,3-4,6,11-13H2,1-2H3,(H,19,22). The Kier molecular flexibility index (Phi) is 6.47. The molecule has 1 aromatic rings. The average Bonchev–Trinajstić information content (AvgIpc) is 3.09. The second kappa shape index (κ2) is 8.58. The van der Waals surface area contributed by atoms with Crippen LogP contribution in [0, 0.1) is 0 Å². The van der Waals surface area contributed by atoms with Crippen molar-refractivity contribution in [2.75, 3.05) is 27.3 Å². The van der Waals surface area contributed by atoms with Crippen molar-refractivity contribution < 1.29 is 14.6 Å². The molecule has 5 nitrogen and oxygen atoms in total. The monoisotopic (exact) mass is 318 g/mol. The molecule has 0 bridgehead atoms. The number of nitrogens with zero attached hydrogens (tertiary/aromatic N) is 1. The molecule has 23 heavy (non-hydrogen) atoms. The predicted molar refractivity (Wildman–Crippen MR) is 90.5 cm³/mol. The summed E-state index contributed by atoms with van der Waals surface area (Å²) in [6.07, 6.45) is 6.72. The Morgan fingerprint density at radius 3 is 2.70 bits per heavy atom. The molecule has 1 atom stereocenters. The fraction of sp³-hybridized carbons (Fsp3) is 0.500. The summed E-state index contributed by atoms with van der Waals surface area (Å²) < 4.78 is 5.13. The Bertz CT molecular complexity index is 540. The van der Waals surface area contributed by atoms with Crippen LogP contribution in [0.4, 0.5) is 4.79 Å². The van der Waals surface area contributed by atoms with Gasteiger partial charge in [0.05, 0.1) is 19.8 Å². The number of carbonyl (C=O) groups is 1. The summed E-state index contributed by atoms with van der Waals surface area (Å²) in [5.74, 6) is 0.752. The molecule has 1 aliphatic rings. The lowest BCUT2D eigenvalue weighted by molar-refractivity contribution is 0.150. The zero-order valence-corrected chi connectivity index (χ0v) is 13.9. The number of ether oxygens (including phenoxy) is 1. The van der Waals surface area contributed by atoms with Crippen LogP contribution in [0.15, 0.2) is 35.9 Å². The number of carbonyl (C=O) groups excluding carboxylic acids is 1. The number of aliphatic hydroxyl groups is 1. The van der Waals surface area contributed by atoms with E-state index in [-0.39, 0.29) is 18.7 Å². The van der Waals surface area contributed by atoms with Crippen LogP contribution < -0.4 is 10.1 Å². The molecule has 2 amide bonds. The van der Waals surface area contributed by atoms with Gasteiger partial charge in [-0.1, -0.05) is 23.8 Å². The third-order valence-electron chi connectivity index (χ3n) is 4.32. The highest BCUT2D eigenvalue weighted by atomic mass is 16.5. The molecule has 0 aromatic heterocycles. The third-order valence-corrected chi connectivity index (χ3v) is 4.32. The van der Waals surface area contributed by atoms with E-state index in [9.17, 15) is 9.90 Å². The van der Waals surface area contributed by atoms with Crippen molar-refractivity contribution in [3.8, 4) is 5.75 Å². The number of amides is 2. The maximum Gasteiger partial charge on any atom is 0.317 e. The van der Waals surface area contributed by atoms with Gasteiger partial charge in [0.25, 0.3) is 0 Å². The Balaban J connectivity index is 1.89. The third kappa shape index (κ3) is 4.73. The van der Waals surface area contributed by atoms with Gasteiger partial charge in [-0.05, 0) is 43.4 Å². The minimum atomic E-state index is -0.369. The van der Waals surface area contributed by atoms with Gasteiger partial charge in [0.1, 0.15) is 5.75 Å². The van der Waals surface area contributed by atoms with E-state index in [2.05, 4.69) is 11.4 Å².